The van der Waals surface area contributed by atoms with Crippen LogP contribution in [0.25, 0.3) is 0 Å². The number of aliphatic hydroxyl groups excluding tert-OH is 2. The van der Waals surface area contributed by atoms with Crippen LogP contribution in [0.1, 0.15) is 17.5 Å². The molecule has 27 heavy (non-hydrogen) atoms. The van der Waals surface area contributed by atoms with Gasteiger partial charge in [-0.05, 0) is 48.9 Å². The van der Waals surface area contributed by atoms with Crippen molar-refractivity contribution in [1.82, 2.24) is 4.90 Å². The van der Waals surface area contributed by atoms with E-state index >= 15 is 0 Å². The van der Waals surface area contributed by atoms with Gasteiger partial charge in [0.15, 0.2) is 0 Å². The molecule has 0 unspecified atom stereocenters. The number of aliphatic hydroxyl groups is 2. The van der Waals surface area contributed by atoms with Gasteiger partial charge in [0, 0.05) is 25.6 Å². The predicted octanol–water partition coefficient (Wildman–Crippen LogP) is 3.67. The van der Waals surface area contributed by atoms with Crippen molar-refractivity contribution in [3.05, 3.63) is 59.7 Å². The molecule has 1 heterocycles. The molecule has 1 saturated heterocycles. The molecule has 2 aromatic rings. The fourth-order valence-corrected chi connectivity index (χ4v) is 3.24. The lowest BCUT2D eigenvalue weighted by Crippen LogP contribution is -2.44. The molecule has 0 spiro atoms. The molecular formula is C20H22F3NO3. The number of alkyl halides is 3. The molecule has 0 aliphatic carbocycles. The Morgan fingerprint density at radius 2 is 1.78 bits per heavy atom. The van der Waals surface area contributed by atoms with Gasteiger partial charge < -0.3 is 14.9 Å². The number of β-amino-alcohol motifs (C(OH)–C–C–N with tert-alkyl or cyclic N) is 1. The molecule has 3 rings (SSSR count). The second-order valence-corrected chi connectivity index (χ2v) is 6.81. The van der Waals surface area contributed by atoms with Gasteiger partial charge in [-0.1, -0.05) is 18.2 Å². The van der Waals surface area contributed by atoms with Crippen LogP contribution in [-0.2, 0) is 12.7 Å². The highest BCUT2D eigenvalue weighted by Crippen LogP contribution is 2.33. The largest absolute Gasteiger partial charge is 0.457 e. The van der Waals surface area contributed by atoms with E-state index in [1.54, 1.807) is 18.2 Å². The van der Waals surface area contributed by atoms with Crippen LogP contribution in [0.5, 0.6) is 11.5 Å². The number of hydrogen-bond acceptors (Lipinski definition) is 4. The summed E-state index contributed by atoms with van der Waals surface area (Å²) in [4.78, 5) is 2.08. The highest BCUT2D eigenvalue weighted by molar-refractivity contribution is 5.36. The van der Waals surface area contributed by atoms with Crippen LogP contribution >= 0.6 is 0 Å². The Morgan fingerprint density at radius 1 is 1.07 bits per heavy atom. The first-order valence-electron chi connectivity index (χ1n) is 8.80. The molecule has 2 aromatic carbocycles. The predicted molar refractivity (Wildman–Crippen MR) is 94.4 cm³/mol. The number of halogens is 3. The summed E-state index contributed by atoms with van der Waals surface area (Å²) < 4.78 is 44.1. The van der Waals surface area contributed by atoms with Gasteiger partial charge in [-0.2, -0.15) is 13.2 Å². The second kappa shape index (κ2) is 8.29. The third-order valence-corrected chi connectivity index (χ3v) is 4.74. The highest BCUT2D eigenvalue weighted by atomic mass is 19.4. The summed E-state index contributed by atoms with van der Waals surface area (Å²) in [6, 6.07) is 11.9. The van der Waals surface area contributed by atoms with Crippen LogP contribution in [0.3, 0.4) is 0 Å². The molecule has 0 radical (unpaired) electrons. The van der Waals surface area contributed by atoms with E-state index in [-0.39, 0.29) is 18.3 Å². The molecule has 0 saturated carbocycles. The fourth-order valence-electron chi connectivity index (χ4n) is 3.24. The number of rotatable bonds is 5. The lowest BCUT2D eigenvalue weighted by Gasteiger charge is -2.35. The molecule has 4 nitrogen and oxygen atoms in total. The molecule has 0 amide bonds. The van der Waals surface area contributed by atoms with E-state index in [9.17, 15) is 23.4 Å². The maximum atomic E-state index is 12.8. The van der Waals surface area contributed by atoms with Gasteiger partial charge in [0.05, 0.1) is 11.7 Å². The number of likely N-dealkylation sites (tertiary alicyclic amines) is 1. The lowest BCUT2D eigenvalue weighted by molar-refractivity contribution is -0.137. The first kappa shape index (κ1) is 19.7. The smallest absolute Gasteiger partial charge is 0.416 e. The quantitative estimate of drug-likeness (QED) is 0.830. The van der Waals surface area contributed by atoms with Crippen molar-refractivity contribution in [2.45, 2.75) is 25.2 Å². The summed E-state index contributed by atoms with van der Waals surface area (Å²) >= 11 is 0. The van der Waals surface area contributed by atoms with Crippen molar-refractivity contribution in [2.75, 3.05) is 19.7 Å². The Bertz CT molecular complexity index is 766. The Balaban J connectivity index is 1.66. The van der Waals surface area contributed by atoms with Gasteiger partial charge in [0.1, 0.15) is 11.5 Å². The van der Waals surface area contributed by atoms with Gasteiger partial charge in [0.2, 0.25) is 0 Å². The monoisotopic (exact) mass is 381 g/mol. The summed E-state index contributed by atoms with van der Waals surface area (Å²) in [7, 11) is 0. The molecular weight excluding hydrogens is 359 g/mol. The van der Waals surface area contributed by atoms with Crippen LogP contribution in [0, 0.1) is 5.92 Å². The first-order chi connectivity index (χ1) is 12.8. The van der Waals surface area contributed by atoms with Crippen LogP contribution < -0.4 is 4.74 Å². The Kier molecular flexibility index (Phi) is 6.04. The number of benzene rings is 2. The summed E-state index contributed by atoms with van der Waals surface area (Å²) in [5.41, 5.74) is 0.186. The van der Waals surface area contributed by atoms with Crippen molar-refractivity contribution >= 4 is 0 Å². The summed E-state index contributed by atoms with van der Waals surface area (Å²) in [6.45, 7) is 1.81. The molecule has 2 N–H and O–H groups in total. The Labute approximate surface area is 155 Å². The van der Waals surface area contributed by atoms with E-state index in [1.807, 2.05) is 6.07 Å². The van der Waals surface area contributed by atoms with E-state index in [0.29, 0.717) is 18.8 Å². The van der Waals surface area contributed by atoms with Crippen molar-refractivity contribution in [2.24, 2.45) is 5.92 Å². The average molecular weight is 381 g/mol. The average Bonchev–Trinajstić information content (AvgIpc) is 2.62. The van der Waals surface area contributed by atoms with Gasteiger partial charge >= 0.3 is 6.18 Å². The third kappa shape index (κ3) is 5.22. The minimum Gasteiger partial charge on any atom is -0.457 e. The SMILES string of the molecule is OC[C@H]1CCN(Cc2cccc(Oc3cccc(C(F)(F)F)c3)c2)C[C@@H]1O. The third-order valence-electron chi connectivity index (χ3n) is 4.74. The van der Waals surface area contributed by atoms with Crippen molar-refractivity contribution < 1.29 is 28.1 Å². The van der Waals surface area contributed by atoms with Crippen molar-refractivity contribution in [3.8, 4) is 11.5 Å². The maximum absolute atomic E-state index is 12.8. The zero-order valence-corrected chi connectivity index (χ0v) is 14.7. The zero-order chi connectivity index (χ0) is 19.4. The van der Waals surface area contributed by atoms with Crippen LogP contribution in [0.4, 0.5) is 13.2 Å². The Hall–Kier alpha value is -2.09. The van der Waals surface area contributed by atoms with E-state index in [1.165, 1.54) is 12.1 Å². The van der Waals surface area contributed by atoms with Crippen molar-refractivity contribution in [1.29, 1.82) is 0 Å². The molecule has 146 valence electrons. The first-order valence-corrected chi connectivity index (χ1v) is 8.80. The minimum absolute atomic E-state index is 0.0185. The normalized spacial score (nSPS) is 21.2. The van der Waals surface area contributed by atoms with Crippen LogP contribution in [0.15, 0.2) is 48.5 Å². The number of nitrogens with zero attached hydrogens (tertiary/aromatic N) is 1. The van der Waals surface area contributed by atoms with Crippen LogP contribution in [0.2, 0.25) is 0 Å². The molecule has 2 atom stereocenters. The number of ether oxygens (including phenoxy) is 1. The second-order valence-electron chi connectivity index (χ2n) is 6.81. The van der Waals surface area contributed by atoms with Crippen molar-refractivity contribution in [3.63, 3.8) is 0 Å². The summed E-state index contributed by atoms with van der Waals surface area (Å²) in [5.74, 6) is 0.496. The van der Waals surface area contributed by atoms with E-state index in [2.05, 4.69) is 4.90 Å². The van der Waals surface area contributed by atoms with Gasteiger partial charge in [0.25, 0.3) is 0 Å². The Morgan fingerprint density at radius 3 is 2.44 bits per heavy atom. The molecule has 1 fully saturated rings. The van der Waals surface area contributed by atoms with E-state index in [4.69, 9.17) is 4.74 Å². The van der Waals surface area contributed by atoms with Gasteiger partial charge in [-0.25, -0.2) is 0 Å². The zero-order valence-electron chi connectivity index (χ0n) is 14.7. The maximum Gasteiger partial charge on any atom is 0.416 e. The summed E-state index contributed by atoms with van der Waals surface area (Å²) in [6.07, 6.45) is -4.26. The lowest BCUT2D eigenvalue weighted by atomic mass is 9.94. The minimum atomic E-state index is -4.41. The van der Waals surface area contributed by atoms with E-state index in [0.717, 1.165) is 30.7 Å². The summed E-state index contributed by atoms with van der Waals surface area (Å²) in [5, 5.41) is 19.3. The van der Waals surface area contributed by atoms with Crippen LogP contribution in [-0.4, -0.2) is 40.9 Å². The number of hydrogen-bond donors (Lipinski definition) is 2. The molecule has 7 heteroatoms. The molecule has 0 aromatic heterocycles. The van der Waals surface area contributed by atoms with Gasteiger partial charge in [-0.3, -0.25) is 4.90 Å². The molecule has 1 aliphatic rings. The van der Waals surface area contributed by atoms with Gasteiger partial charge in [-0.15, -0.1) is 0 Å². The fraction of sp³-hybridized carbons (Fsp3) is 0.400. The molecule has 0 bridgehead atoms. The standard InChI is InChI=1S/C20H22F3NO3/c21-20(22,23)16-4-2-6-18(10-16)27-17-5-1-3-14(9-17)11-24-8-7-15(13-25)19(26)12-24/h1-6,9-10,15,19,25-26H,7-8,11-13H2/t15-,19+/m1/s1. The topological polar surface area (TPSA) is 52.9 Å². The van der Waals surface area contributed by atoms with E-state index < -0.39 is 17.8 Å². The highest BCUT2D eigenvalue weighted by Gasteiger charge is 2.30. The molecule has 1 aliphatic heterocycles. The number of piperidine rings is 1.